The van der Waals surface area contributed by atoms with Crippen molar-refractivity contribution in [3.8, 4) is 0 Å². The SMILES string of the molecule is C=C(C)C(=O)OC1CC2CC(C(=O)OC(CS(=O)(=O)OC)C(F)(F)F)C1C2. The average Bonchev–Trinajstić information content (AvgIpc) is 3.13. The molecule has 0 aliphatic heterocycles. The third-order valence-corrected chi connectivity index (χ3v) is 6.11. The Kier molecular flexibility index (Phi) is 6.25. The van der Waals surface area contributed by atoms with Gasteiger partial charge in [-0.3, -0.25) is 8.98 Å². The first-order valence-corrected chi connectivity index (χ1v) is 9.83. The largest absolute Gasteiger partial charge is 0.459 e. The quantitative estimate of drug-likeness (QED) is 0.357. The van der Waals surface area contributed by atoms with E-state index in [-0.39, 0.29) is 11.5 Å². The molecule has 0 amide bonds. The molecule has 11 heteroatoms. The Morgan fingerprint density at radius 1 is 1.22 bits per heavy atom. The van der Waals surface area contributed by atoms with Crippen LogP contribution in [0.4, 0.5) is 13.2 Å². The highest BCUT2D eigenvalue weighted by atomic mass is 32.2. The number of carbonyl (C=O) groups is 2. The third kappa shape index (κ3) is 5.22. The highest BCUT2D eigenvalue weighted by Gasteiger charge is 2.53. The minimum Gasteiger partial charge on any atom is -0.459 e. The van der Waals surface area contributed by atoms with Gasteiger partial charge in [0.25, 0.3) is 10.1 Å². The molecule has 5 atom stereocenters. The number of ether oxygens (including phenoxy) is 2. The van der Waals surface area contributed by atoms with Crippen LogP contribution in [-0.2, 0) is 33.4 Å². The van der Waals surface area contributed by atoms with Crippen LogP contribution in [-0.4, -0.2) is 51.6 Å². The maximum absolute atomic E-state index is 13.1. The molecular weight excluding hydrogens is 393 g/mol. The Morgan fingerprint density at radius 3 is 2.33 bits per heavy atom. The maximum atomic E-state index is 13.1. The zero-order chi connectivity index (χ0) is 20.6. The molecule has 154 valence electrons. The van der Waals surface area contributed by atoms with Crippen LogP contribution in [0.15, 0.2) is 12.2 Å². The average molecular weight is 414 g/mol. The van der Waals surface area contributed by atoms with E-state index in [4.69, 9.17) is 4.74 Å². The van der Waals surface area contributed by atoms with Gasteiger partial charge < -0.3 is 9.47 Å². The molecule has 2 bridgehead atoms. The number of carbonyl (C=O) groups excluding carboxylic acids is 2. The zero-order valence-corrected chi connectivity index (χ0v) is 15.6. The lowest BCUT2D eigenvalue weighted by Crippen LogP contribution is -2.43. The van der Waals surface area contributed by atoms with Crippen molar-refractivity contribution < 1.29 is 44.8 Å². The van der Waals surface area contributed by atoms with Crippen molar-refractivity contribution in [2.24, 2.45) is 17.8 Å². The van der Waals surface area contributed by atoms with Crippen molar-refractivity contribution in [2.45, 2.75) is 44.6 Å². The fourth-order valence-corrected chi connectivity index (χ4v) is 4.37. The third-order valence-electron chi connectivity index (χ3n) is 4.90. The monoisotopic (exact) mass is 414 g/mol. The highest BCUT2D eigenvalue weighted by molar-refractivity contribution is 7.86. The summed E-state index contributed by atoms with van der Waals surface area (Å²) in [7, 11) is -3.77. The van der Waals surface area contributed by atoms with Gasteiger partial charge in [-0.15, -0.1) is 0 Å². The Bertz CT molecular complexity index is 716. The van der Waals surface area contributed by atoms with Crippen molar-refractivity contribution in [1.82, 2.24) is 0 Å². The molecule has 27 heavy (non-hydrogen) atoms. The van der Waals surface area contributed by atoms with Crippen LogP contribution in [0.2, 0.25) is 0 Å². The van der Waals surface area contributed by atoms with Crippen molar-refractivity contribution in [1.29, 1.82) is 0 Å². The molecule has 5 unspecified atom stereocenters. The number of halogens is 3. The van der Waals surface area contributed by atoms with Crippen LogP contribution in [0.3, 0.4) is 0 Å². The maximum Gasteiger partial charge on any atom is 0.426 e. The number of hydrogen-bond donors (Lipinski definition) is 0. The summed E-state index contributed by atoms with van der Waals surface area (Å²) in [6.45, 7) is 4.93. The van der Waals surface area contributed by atoms with E-state index in [0.29, 0.717) is 19.3 Å². The van der Waals surface area contributed by atoms with Gasteiger partial charge in [0.1, 0.15) is 11.9 Å². The first kappa shape index (κ1) is 21.7. The van der Waals surface area contributed by atoms with Crippen LogP contribution in [0.1, 0.15) is 26.2 Å². The molecule has 2 fully saturated rings. The summed E-state index contributed by atoms with van der Waals surface area (Å²) < 4.78 is 75.7. The number of esters is 2. The van der Waals surface area contributed by atoms with Crippen molar-refractivity contribution in [3.05, 3.63) is 12.2 Å². The van der Waals surface area contributed by atoms with Crippen LogP contribution in [0.5, 0.6) is 0 Å². The van der Waals surface area contributed by atoms with Gasteiger partial charge in [0.2, 0.25) is 6.10 Å². The molecule has 2 aliphatic rings. The molecule has 0 aromatic heterocycles. The van der Waals surface area contributed by atoms with E-state index in [2.05, 4.69) is 15.5 Å². The molecule has 0 spiro atoms. The van der Waals surface area contributed by atoms with E-state index in [1.165, 1.54) is 6.92 Å². The summed E-state index contributed by atoms with van der Waals surface area (Å²) >= 11 is 0. The van der Waals surface area contributed by atoms with E-state index in [0.717, 1.165) is 7.11 Å². The standard InChI is InChI=1S/C16H21F3O7S/c1-8(2)14(20)25-12-6-9-4-10(12)11(5-9)15(21)26-13(16(17,18)19)7-27(22,23)24-3/h9-13H,1,4-7H2,2-3H3. The zero-order valence-electron chi connectivity index (χ0n) is 14.8. The minimum absolute atomic E-state index is 0.0301. The molecule has 0 radical (unpaired) electrons. The first-order chi connectivity index (χ1) is 12.3. The summed E-state index contributed by atoms with van der Waals surface area (Å²) in [4.78, 5) is 24.0. The Morgan fingerprint density at radius 2 is 1.85 bits per heavy atom. The normalized spacial score (nSPS) is 28.6. The fourth-order valence-electron chi connectivity index (χ4n) is 3.61. The van der Waals surface area contributed by atoms with E-state index in [9.17, 15) is 31.2 Å². The van der Waals surface area contributed by atoms with Crippen LogP contribution >= 0.6 is 0 Å². The smallest absolute Gasteiger partial charge is 0.426 e. The lowest BCUT2D eigenvalue weighted by molar-refractivity contribution is -0.219. The predicted molar refractivity (Wildman–Crippen MR) is 85.7 cm³/mol. The van der Waals surface area contributed by atoms with E-state index < -0.39 is 58.0 Å². The molecule has 2 aliphatic carbocycles. The second-order valence-corrected chi connectivity index (χ2v) is 8.71. The van der Waals surface area contributed by atoms with Gasteiger partial charge >= 0.3 is 18.1 Å². The van der Waals surface area contributed by atoms with Gasteiger partial charge in [0, 0.05) is 11.5 Å². The van der Waals surface area contributed by atoms with Gasteiger partial charge in [0.05, 0.1) is 13.0 Å². The molecule has 0 heterocycles. The molecular formula is C16H21F3O7S. The topological polar surface area (TPSA) is 96.0 Å². The second kappa shape index (κ2) is 7.78. The summed E-state index contributed by atoms with van der Waals surface area (Å²) in [5, 5.41) is 0. The van der Waals surface area contributed by atoms with E-state index >= 15 is 0 Å². The molecule has 0 aromatic rings. The summed E-state index contributed by atoms with van der Waals surface area (Å²) in [6.07, 6.45) is -7.13. The molecule has 7 nitrogen and oxygen atoms in total. The molecule has 0 N–H and O–H groups in total. The minimum atomic E-state index is -5.06. The Balaban J connectivity index is 2.07. The lowest BCUT2D eigenvalue weighted by atomic mass is 9.86. The van der Waals surface area contributed by atoms with Gasteiger partial charge in [0.15, 0.2) is 0 Å². The van der Waals surface area contributed by atoms with Crippen LogP contribution in [0.25, 0.3) is 0 Å². The summed E-state index contributed by atoms with van der Waals surface area (Å²) in [5.74, 6) is -4.61. The first-order valence-electron chi connectivity index (χ1n) is 8.26. The lowest BCUT2D eigenvalue weighted by Gasteiger charge is -2.29. The number of alkyl halides is 3. The predicted octanol–water partition coefficient (Wildman–Crippen LogP) is 1.97. The number of rotatable bonds is 7. The van der Waals surface area contributed by atoms with E-state index in [1.54, 1.807) is 0 Å². The van der Waals surface area contributed by atoms with Crippen LogP contribution < -0.4 is 0 Å². The molecule has 2 rings (SSSR count). The second-order valence-electron chi connectivity index (χ2n) is 6.93. The number of hydrogen-bond acceptors (Lipinski definition) is 7. The van der Waals surface area contributed by atoms with Crippen molar-refractivity contribution >= 4 is 22.1 Å². The molecule has 0 saturated heterocycles. The Hall–Kier alpha value is -1.62. The fraction of sp³-hybridized carbons (Fsp3) is 0.750. The van der Waals surface area contributed by atoms with Crippen LogP contribution in [0, 0.1) is 17.8 Å². The van der Waals surface area contributed by atoms with Gasteiger partial charge in [-0.2, -0.15) is 21.6 Å². The van der Waals surface area contributed by atoms with E-state index in [1.807, 2.05) is 0 Å². The van der Waals surface area contributed by atoms with Crippen molar-refractivity contribution in [3.63, 3.8) is 0 Å². The number of fused-ring (bicyclic) bond motifs is 2. The molecule has 2 saturated carbocycles. The van der Waals surface area contributed by atoms with Crippen molar-refractivity contribution in [2.75, 3.05) is 12.9 Å². The summed E-state index contributed by atoms with van der Waals surface area (Å²) in [5.41, 5.74) is 0.179. The van der Waals surface area contributed by atoms with Gasteiger partial charge in [-0.05, 0) is 32.1 Å². The summed E-state index contributed by atoms with van der Waals surface area (Å²) in [6, 6.07) is 0. The Labute approximate surface area is 155 Å². The van der Waals surface area contributed by atoms with Gasteiger partial charge in [-0.25, -0.2) is 4.79 Å². The molecule has 0 aromatic carbocycles. The highest BCUT2D eigenvalue weighted by Crippen LogP contribution is 2.50. The van der Waals surface area contributed by atoms with Gasteiger partial charge in [-0.1, -0.05) is 6.58 Å².